The molecule has 0 amide bonds. The number of ether oxygens (including phenoxy) is 2. The van der Waals surface area contributed by atoms with Gasteiger partial charge in [0.25, 0.3) is 0 Å². The van der Waals surface area contributed by atoms with E-state index in [1.165, 1.54) is 14.2 Å². The van der Waals surface area contributed by atoms with Gasteiger partial charge in [0.15, 0.2) is 11.6 Å². The van der Waals surface area contributed by atoms with Crippen molar-refractivity contribution in [3.05, 3.63) is 77.0 Å². The van der Waals surface area contributed by atoms with Crippen molar-refractivity contribution in [1.29, 1.82) is 5.26 Å². The number of benzene rings is 2. The summed E-state index contributed by atoms with van der Waals surface area (Å²) in [5.74, 6) is -0.329. The van der Waals surface area contributed by atoms with Crippen LogP contribution in [0.1, 0.15) is 5.56 Å². The third kappa shape index (κ3) is 3.17. The van der Waals surface area contributed by atoms with Gasteiger partial charge in [0.2, 0.25) is 0 Å². The molecular weight excluding hydrogens is 345 g/mol. The van der Waals surface area contributed by atoms with E-state index in [9.17, 15) is 4.39 Å². The van der Waals surface area contributed by atoms with E-state index in [1.807, 2.05) is 12.1 Å². The Morgan fingerprint density at radius 1 is 1.19 bits per heavy atom. The van der Waals surface area contributed by atoms with Crippen LogP contribution in [0.15, 0.2) is 54.2 Å². The first-order chi connectivity index (χ1) is 13.1. The molecule has 0 aliphatic heterocycles. The highest BCUT2D eigenvalue weighted by atomic mass is 19.1. The Labute approximate surface area is 155 Å². The highest BCUT2D eigenvalue weighted by Crippen LogP contribution is 2.35. The Bertz CT molecular complexity index is 1110. The third-order valence-corrected chi connectivity index (χ3v) is 4.03. The van der Waals surface area contributed by atoms with Gasteiger partial charge in [-0.15, -0.1) is 0 Å². The zero-order chi connectivity index (χ0) is 19.4. The highest BCUT2D eigenvalue weighted by Gasteiger charge is 2.19. The molecule has 132 valence electrons. The molecule has 0 aliphatic carbocycles. The lowest BCUT2D eigenvalue weighted by Gasteiger charge is -2.13. The Hall–Kier alpha value is -3.90. The van der Waals surface area contributed by atoms with Crippen molar-refractivity contribution in [1.82, 2.24) is 4.98 Å². The number of fused-ring (bicyclic) bond motifs is 1. The molecule has 27 heavy (non-hydrogen) atoms. The van der Waals surface area contributed by atoms with Gasteiger partial charge in [0.1, 0.15) is 11.5 Å². The molecule has 0 spiro atoms. The summed E-state index contributed by atoms with van der Waals surface area (Å²) < 4.78 is 25.5. The van der Waals surface area contributed by atoms with Crippen LogP contribution in [0.4, 0.5) is 4.39 Å². The number of nitriles is 1. The molecule has 5 nitrogen and oxygen atoms in total. The van der Waals surface area contributed by atoms with Gasteiger partial charge in [-0.3, -0.25) is 0 Å². The maximum absolute atomic E-state index is 14.9. The van der Waals surface area contributed by atoms with E-state index in [1.54, 1.807) is 42.5 Å². The Balaban J connectivity index is 2.32. The van der Waals surface area contributed by atoms with Gasteiger partial charge in [-0.2, -0.15) is 0 Å². The molecule has 0 unspecified atom stereocenters. The minimum absolute atomic E-state index is 0.0824. The minimum Gasteiger partial charge on any atom is -0.506 e. The first-order valence-corrected chi connectivity index (χ1v) is 7.93. The van der Waals surface area contributed by atoms with Crippen molar-refractivity contribution < 1.29 is 13.9 Å². The summed E-state index contributed by atoms with van der Waals surface area (Å²) in [6.45, 7) is 7.12. The van der Waals surface area contributed by atoms with E-state index in [0.717, 1.165) is 0 Å². The number of methoxy groups -OCH3 is 2. The van der Waals surface area contributed by atoms with E-state index in [4.69, 9.17) is 21.3 Å². The SMILES string of the molecule is [C-]#[N+]/C(C#N)=C(\OC)c1ccc2c(OC)c(F)c(-c3ccccc3)nc2c1. The number of allylic oxidation sites excluding steroid dienone is 1. The number of hydrogen-bond donors (Lipinski definition) is 0. The number of rotatable bonds is 4. The van der Waals surface area contributed by atoms with Crippen LogP contribution in [0.3, 0.4) is 0 Å². The van der Waals surface area contributed by atoms with Gasteiger partial charge in [-0.25, -0.2) is 19.5 Å². The fourth-order valence-corrected chi connectivity index (χ4v) is 2.82. The van der Waals surface area contributed by atoms with Crippen LogP contribution in [0.2, 0.25) is 0 Å². The maximum atomic E-state index is 14.9. The molecular formula is C21H14FN3O2. The summed E-state index contributed by atoms with van der Waals surface area (Å²) >= 11 is 0. The lowest BCUT2D eigenvalue weighted by Crippen LogP contribution is -1.98. The topological polar surface area (TPSA) is 59.5 Å². The molecule has 0 radical (unpaired) electrons. The summed E-state index contributed by atoms with van der Waals surface area (Å²) in [6.07, 6.45) is 0. The lowest BCUT2D eigenvalue weighted by molar-refractivity contribution is 0.368. The van der Waals surface area contributed by atoms with Crippen molar-refractivity contribution in [3.63, 3.8) is 0 Å². The fourth-order valence-electron chi connectivity index (χ4n) is 2.82. The van der Waals surface area contributed by atoms with Crippen molar-refractivity contribution in [2.45, 2.75) is 0 Å². The Kier molecular flexibility index (Phi) is 5.01. The van der Waals surface area contributed by atoms with Gasteiger partial charge in [-0.1, -0.05) is 36.4 Å². The quantitative estimate of drug-likeness (QED) is 0.381. The smallest absolute Gasteiger partial charge is 0.303 e. The summed E-state index contributed by atoms with van der Waals surface area (Å²) in [6, 6.07) is 15.7. The molecule has 1 aromatic heterocycles. The number of pyridine rings is 1. The molecule has 0 bridgehead atoms. The molecule has 0 saturated heterocycles. The molecule has 0 saturated carbocycles. The van der Waals surface area contributed by atoms with Crippen LogP contribution in [-0.4, -0.2) is 19.2 Å². The summed E-state index contributed by atoms with van der Waals surface area (Å²) in [4.78, 5) is 7.63. The van der Waals surface area contributed by atoms with Gasteiger partial charge in [0, 0.05) is 16.5 Å². The molecule has 0 atom stereocenters. The Morgan fingerprint density at radius 2 is 1.93 bits per heavy atom. The second kappa shape index (κ2) is 7.55. The zero-order valence-corrected chi connectivity index (χ0v) is 14.7. The third-order valence-electron chi connectivity index (χ3n) is 4.03. The standard InChI is InChI=1S/C21H14FN3O2/c1-24-17(12-23)20(26-2)14-9-10-15-16(11-14)25-19(18(22)21(15)27-3)13-7-5-4-6-8-13/h4-11H,2-3H3/b20-17-. The predicted octanol–water partition coefficient (Wildman–Crippen LogP) is 4.81. The van der Waals surface area contributed by atoms with Crippen molar-refractivity contribution in [2.75, 3.05) is 14.2 Å². The van der Waals surface area contributed by atoms with Gasteiger partial charge < -0.3 is 9.47 Å². The number of hydrogen-bond acceptors (Lipinski definition) is 4. The number of nitrogens with zero attached hydrogens (tertiary/aromatic N) is 3. The Morgan fingerprint density at radius 3 is 2.52 bits per heavy atom. The van der Waals surface area contributed by atoms with Crippen LogP contribution in [0, 0.1) is 23.7 Å². The summed E-state index contributed by atoms with van der Waals surface area (Å²) in [5.41, 5.74) is 1.56. The van der Waals surface area contributed by atoms with Crippen molar-refractivity contribution in [3.8, 4) is 23.1 Å². The number of aromatic nitrogens is 1. The van der Waals surface area contributed by atoms with Crippen LogP contribution in [0.5, 0.6) is 5.75 Å². The summed E-state index contributed by atoms with van der Waals surface area (Å²) in [5, 5.41) is 9.61. The maximum Gasteiger partial charge on any atom is 0.303 e. The minimum atomic E-state index is -0.551. The molecule has 0 fully saturated rings. The normalized spacial score (nSPS) is 11.3. The lowest BCUT2D eigenvalue weighted by atomic mass is 10.0. The second-order valence-electron chi connectivity index (χ2n) is 5.51. The van der Waals surface area contributed by atoms with Crippen LogP contribution >= 0.6 is 0 Å². The molecule has 1 heterocycles. The second-order valence-corrected chi connectivity index (χ2v) is 5.51. The molecule has 3 aromatic rings. The number of halogens is 1. The first-order valence-electron chi connectivity index (χ1n) is 7.93. The largest absolute Gasteiger partial charge is 0.506 e. The van der Waals surface area contributed by atoms with E-state index in [2.05, 4.69) is 9.83 Å². The van der Waals surface area contributed by atoms with Gasteiger partial charge in [0.05, 0.1) is 32.4 Å². The van der Waals surface area contributed by atoms with Crippen LogP contribution < -0.4 is 4.74 Å². The van der Waals surface area contributed by atoms with Crippen molar-refractivity contribution in [2.24, 2.45) is 0 Å². The summed E-state index contributed by atoms with van der Waals surface area (Å²) in [7, 11) is 2.78. The monoisotopic (exact) mass is 359 g/mol. The van der Waals surface area contributed by atoms with E-state index >= 15 is 0 Å². The van der Waals surface area contributed by atoms with E-state index < -0.39 is 5.82 Å². The fraction of sp³-hybridized carbons (Fsp3) is 0.0952. The highest BCUT2D eigenvalue weighted by molar-refractivity contribution is 5.91. The molecule has 3 rings (SSSR count). The van der Waals surface area contributed by atoms with Crippen LogP contribution in [-0.2, 0) is 4.74 Å². The van der Waals surface area contributed by atoms with E-state index in [-0.39, 0.29) is 22.9 Å². The molecule has 2 aromatic carbocycles. The average Bonchev–Trinajstić information content (AvgIpc) is 2.72. The van der Waals surface area contributed by atoms with E-state index in [0.29, 0.717) is 22.0 Å². The average molecular weight is 359 g/mol. The first kappa shape index (κ1) is 17.9. The van der Waals surface area contributed by atoms with Gasteiger partial charge >= 0.3 is 5.70 Å². The van der Waals surface area contributed by atoms with Crippen molar-refractivity contribution >= 4 is 16.7 Å². The van der Waals surface area contributed by atoms with Crippen LogP contribution in [0.25, 0.3) is 32.8 Å². The zero-order valence-electron chi connectivity index (χ0n) is 14.7. The molecule has 6 heteroatoms. The predicted molar refractivity (Wildman–Crippen MR) is 99.8 cm³/mol. The molecule has 0 N–H and O–H groups in total. The molecule has 0 aliphatic rings. The van der Waals surface area contributed by atoms with Gasteiger partial charge in [-0.05, 0) is 12.1 Å².